The number of esters is 1. The molecule has 0 radical (unpaired) electrons. The first-order valence-electron chi connectivity index (χ1n) is 9.34. The van der Waals surface area contributed by atoms with Gasteiger partial charge >= 0.3 is 5.97 Å². The smallest absolute Gasteiger partial charge is 0.343 e. The number of pyridine rings is 1. The fraction of sp³-hybridized carbons (Fsp3) is 0.273. The fourth-order valence-electron chi connectivity index (χ4n) is 3.27. The average Bonchev–Trinajstić information content (AvgIpc) is 2.72. The summed E-state index contributed by atoms with van der Waals surface area (Å²) in [7, 11) is 0. The normalized spacial score (nSPS) is 14.6. The molecule has 28 heavy (non-hydrogen) atoms. The van der Waals surface area contributed by atoms with Gasteiger partial charge in [0.25, 0.3) is 0 Å². The Kier molecular flexibility index (Phi) is 6.39. The van der Waals surface area contributed by atoms with Crippen LogP contribution in [0.2, 0.25) is 0 Å². The number of halogens is 1. The van der Waals surface area contributed by atoms with Crippen molar-refractivity contribution in [3.63, 3.8) is 0 Å². The first kappa shape index (κ1) is 20.4. The number of hydrogen-bond donors (Lipinski definition) is 0. The fourth-order valence-corrected chi connectivity index (χ4v) is 3.86. The van der Waals surface area contributed by atoms with Crippen molar-refractivity contribution in [1.29, 1.82) is 0 Å². The average molecular weight is 491 g/mol. The van der Waals surface area contributed by atoms with Crippen LogP contribution in [0.15, 0.2) is 53.5 Å². The molecule has 2 heterocycles. The zero-order chi connectivity index (χ0) is 20.3. The standard InChI is InChI=1S/C20H16INO4.C2H6/c1-2-25-20(24)15-10-22-11-17(12-6-4-3-5-7-12)26-16-9-13(21)8-14(18(16)22)19(15)23;1-2/h3-10,17H,2,11H2,1H3;1-2H3. The van der Waals surface area contributed by atoms with E-state index < -0.39 is 5.97 Å². The second-order valence-electron chi connectivity index (χ2n) is 6.06. The van der Waals surface area contributed by atoms with Crippen LogP contribution in [0.1, 0.15) is 42.8 Å². The van der Waals surface area contributed by atoms with E-state index in [1.54, 1.807) is 19.2 Å². The van der Waals surface area contributed by atoms with Gasteiger partial charge in [0, 0.05) is 9.77 Å². The molecule has 2 aromatic carbocycles. The second-order valence-corrected chi connectivity index (χ2v) is 7.31. The molecule has 6 heteroatoms. The van der Waals surface area contributed by atoms with Crippen LogP contribution in [0.4, 0.5) is 0 Å². The third kappa shape index (κ3) is 3.78. The van der Waals surface area contributed by atoms with Gasteiger partial charge in [0.2, 0.25) is 5.43 Å². The quantitative estimate of drug-likeness (QED) is 0.385. The molecule has 0 spiro atoms. The molecule has 1 atom stereocenters. The van der Waals surface area contributed by atoms with E-state index in [2.05, 4.69) is 22.6 Å². The van der Waals surface area contributed by atoms with E-state index in [0.717, 1.165) is 14.7 Å². The summed E-state index contributed by atoms with van der Waals surface area (Å²) in [5.41, 5.74) is 1.49. The van der Waals surface area contributed by atoms with E-state index in [-0.39, 0.29) is 23.7 Å². The number of carbonyl (C=O) groups excluding carboxylic acids is 1. The maximum Gasteiger partial charge on any atom is 0.343 e. The summed E-state index contributed by atoms with van der Waals surface area (Å²) in [6.07, 6.45) is 1.40. The summed E-state index contributed by atoms with van der Waals surface area (Å²) in [5.74, 6) is 0.0610. The Morgan fingerprint density at radius 3 is 2.64 bits per heavy atom. The van der Waals surface area contributed by atoms with Crippen molar-refractivity contribution < 1.29 is 14.3 Å². The minimum atomic E-state index is -0.591. The van der Waals surface area contributed by atoms with Crippen LogP contribution >= 0.6 is 22.6 Å². The van der Waals surface area contributed by atoms with Crippen LogP contribution in [-0.2, 0) is 11.3 Å². The maximum atomic E-state index is 12.8. The van der Waals surface area contributed by atoms with Gasteiger partial charge in [-0.05, 0) is 47.2 Å². The van der Waals surface area contributed by atoms with Crippen LogP contribution in [0.3, 0.4) is 0 Å². The number of nitrogens with zero attached hydrogens (tertiary/aromatic N) is 1. The van der Waals surface area contributed by atoms with Crippen molar-refractivity contribution in [3.05, 3.63) is 73.6 Å². The van der Waals surface area contributed by atoms with Crippen molar-refractivity contribution in [2.24, 2.45) is 0 Å². The van der Waals surface area contributed by atoms with Crippen LogP contribution < -0.4 is 10.2 Å². The number of aromatic nitrogens is 1. The largest absolute Gasteiger partial charge is 0.482 e. The van der Waals surface area contributed by atoms with Crippen LogP contribution in [0, 0.1) is 3.57 Å². The molecule has 1 aromatic heterocycles. The van der Waals surface area contributed by atoms with Crippen LogP contribution in [0.25, 0.3) is 10.9 Å². The minimum absolute atomic E-state index is 0.0565. The molecule has 0 amide bonds. The van der Waals surface area contributed by atoms with E-state index in [1.807, 2.05) is 54.8 Å². The topological polar surface area (TPSA) is 57.5 Å². The Morgan fingerprint density at radius 2 is 1.96 bits per heavy atom. The molecule has 146 valence electrons. The molecule has 0 saturated carbocycles. The zero-order valence-corrected chi connectivity index (χ0v) is 18.2. The summed E-state index contributed by atoms with van der Waals surface area (Å²) in [6.45, 7) is 6.46. The minimum Gasteiger partial charge on any atom is -0.482 e. The molecule has 0 fully saturated rings. The molecule has 3 aromatic rings. The highest BCUT2D eigenvalue weighted by atomic mass is 127. The Balaban J connectivity index is 0.00000109. The Bertz CT molecular complexity index is 1060. The third-order valence-corrected chi connectivity index (χ3v) is 5.02. The molecular weight excluding hydrogens is 469 g/mol. The molecule has 0 aliphatic carbocycles. The van der Waals surface area contributed by atoms with E-state index in [0.29, 0.717) is 17.7 Å². The van der Waals surface area contributed by atoms with Gasteiger partial charge in [-0.15, -0.1) is 0 Å². The molecular formula is C22H22INO4. The van der Waals surface area contributed by atoms with Gasteiger partial charge in [0.05, 0.1) is 24.1 Å². The van der Waals surface area contributed by atoms with Crippen molar-refractivity contribution in [3.8, 4) is 5.75 Å². The SMILES string of the molecule is CC.CCOC(=O)c1cn2c3c(cc(I)cc3c1=O)OC(c1ccccc1)C2. The summed E-state index contributed by atoms with van der Waals surface area (Å²) in [4.78, 5) is 25.1. The summed E-state index contributed by atoms with van der Waals surface area (Å²) in [5, 5.41) is 0.476. The van der Waals surface area contributed by atoms with Gasteiger partial charge in [0.15, 0.2) is 0 Å². The van der Waals surface area contributed by atoms with Gasteiger partial charge in [-0.3, -0.25) is 4.79 Å². The molecule has 1 unspecified atom stereocenters. The van der Waals surface area contributed by atoms with Crippen LogP contribution in [0.5, 0.6) is 5.75 Å². The number of carbonyl (C=O) groups is 1. The van der Waals surface area contributed by atoms with E-state index in [4.69, 9.17) is 9.47 Å². The first-order chi connectivity index (χ1) is 13.6. The number of hydrogen-bond acceptors (Lipinski definition) is 4. The van der Waals surface area contributed by atoms with Gasteiger partial charge in [0.1, 0.15) is 17.4 Å². The maximum absolute atomic E-state index is 12.8. The van der Waals surface area contributed by atoms with Crippen molar-refractivity contribution in [2.45, 2.75) is 33.4 Å². The molecule has 4 rings (SSSR count). The predicted octanol–water partition coefficient (Wildman–Crippen LogP) is 4.94. The number of benzene rings is 2. The lowest BCUT2D eigenvalue weighted by molar-refractivity contribution is 0.0523. The number of ether oxygens (including phenoxy) is 2. The number of rotatable bonds is 3. The lowest BCUT2D eigenvalue weighted by Crippen LogP contribution is -2.27. The van der Waals surface area contributed by atoms with E-state index in [9.17, 15) is 9.59 Å². The Morgan fingerprint density at radius 1 is 1.25 bits per heavy atom. The highest BCUT2D eigenvalue weighted by Crippen LogP contribution is 2.36. The monoisotopic (exact) mass is 491 g/mol. The molecule has 1 aliphatic heterocycles. The lowest BCUT2D eigenvalue weighted by atomic mass is 10.0. The van der Waals surface area contributed by atoms with Gasteiger partial charge in [-0.1, -0.05) is 44.2 Å². The molecule has 0 saturated heterocycles. The molecule has 1 aliphatic rings. The predicted molar refractivity (Wildman–Crippen MR) is 118 cm³/mol. The Labute approximate surface area is 177 Å². The second kappa shape index (κ2) is 8.77. The molecule has 0 bridgehead atoms. The van der Waals surface area contributed by atoms with Gasteiger partial charge in [-0.25, -0.2) is 4.79 Å². The zero-order valence-electron chi connectivity index (χ0n) is 16.1. The Hall–Kier alpha value is -2.35. The summed E-state index contributed by atoms with van der Waals surface area (Å²) < 4.78 is 14.1. The molecule has 5 nitrogen and oxygen atoms in total. The summed E-state index contributed by atoms with van der Waals surface area (Å²) in [6, 6.07) is 13.6. The van der Waals surface area contributed by atoms with Gasteiger partial charge in [-0.2, -0.15) is 0 Å². The van der Waals surface area contributed by atoms with Crippen molar-refractivity contribution in [2.75, 3.05) is 6.61 Å². The highest BCUT2D eigenvalue weighted by molar-refractivity contribution is 14.1. The summed E-state index contributed by atoms with van der Waals surface area (Å²) >= 11 is 2.15. The van der Waals surface area contributed by atoms with E-state index in [1.165, 1.54) is 0 Å². The lowest BCUT2D eigenvalue weighted by Gasteiger charge is -2.29. The molecule has 0 N–H and O–H groups in total. The first-order valence-corrected chi connectivity index (χ1v) is 10.4. The van der Waals surface area contributed by atoms with E-state index >= 15 is 0 Å². The van der Waals surface area contributed by atoms with Gasteiger partial charge < -0.3 is 14.0 Å². The third-order valence-electron chi connectivity index (χ3n) is 4.40. The van der Waals surface area contributed by atoms with Crippen LogP contribution in [-0.4, -0.2) is 17.1 Å². The van der Waals surface area contributed by atoms with Crippen molar-refractivity contribution >= 4 is 39.5 Å². The van der Waals surface area contributed by atoms with Crippen molar-refractivity contribution in [1.82, 2.24) is 4.57 Å². The highest BCUT2D eigenvalue weighted by Gasteiger charge is 2.26.